The van der Waals surface area contributed by atoms with Crippen LogP contribution in [-0.4, -0.2) is 41.2 Å². The number of carbonyl (C=O) groups excluding carboxylic acids is 1. The predicted octanol–water partition coefficient (Wildman–Crippen LogP) is 5.28. The van der Waals surface area contributed by atoms with Crippen molar-refractivity contribution in [2.24, 2.45) is 11.3 Å². The third kappa shape index (κ3) is 5.62. The van der Waals surface area contributed by atoms with E-state index in [0.29, 0.717) is 12.5 Å². The van der Waals surface area contributed by atoms with Gasteiger partial charge in [0.05, 0.1) is 18.1 Å². The van der Waals surface area contributed by atoms with E-state index < -0.39 is 0 Å². The number of nitrogens with zero attached hydrogens (tertiary/aromatic N) is 1. The molecule has 1 aliphatic heterocycles. The minimum Gasteiger partial charge on any atom is -0.356 e. The fourth-order valence-electron chi connectivity index (χ4n) is 3.75. The van der Waals surface area contributed by atoms with E-state index in [-0.39, 0.29) is 23.6 Å². The van der Waals surface area contributed by atoms with Crippen LogP contribution in [-0.2, 0) is 9.53 Å². The second-order valence-corrected chi connectivity index (χ2v) is 8.49. The highest BCUT2D eigenvalue weighted by molar-refractivity contribution is 7.99. The molecule has 0 spiro atoms. The van der Waals surface area contributed by atoms with Crippen LogP contribution in [0.4, 0.5) is 0 Å². The zero-order valence-corrected chi connectivity index (χ0v) is 17.4. The van der Waals surface area contributed by atoms with Crippen molar-refractivity contribution in [3.05, 3.63) is 25.3 Å². The summed E-state index contributed by atoms with van der Waals surface area (Å²) >= 11 is 1.85. The van der Waals surface area contributed by atoms with Gasteiger partial charge >= 0.3 is 0 Å². The Bertz CT molecular complexity index is 438. The first-order chi connectivity index (χ1) is 12.0. The third-order valence-corrected chi connectivity index (χ3v) is 6.27. The van der Waals surface area contributed by atoms with Crippen molar-refractivity contribution in [1.82, 2.24) is 4.90 Å². The molecule has 0 unspecified atom stereocenters. The number of rotatable bonds is 12. The van der Waals surface area contributed by atoms with Gasteiger partial charge in [0.2, 0.25) is 5.91 Å². The fraction of sp³-hybridized carbons (Fsp3) is 0.762. The normalized spacial score (nSPS) is 22.8. The molecule has 0 aromatic heterocycles. The van der Waals surface area contributed by atoms with Crippen LogP contribution in [0.5, 0.6) is 0 Å². The van der Waals surface area contributed by atoms with Gasteiger partial charge in [0.1, 0.15) is 6.23 Å². The number of hydrogen-bond donors (Lipinski definition) is 0. The van der Waals surface area contributed by atoms with Crippen molar-refractivity contribution >= 4 is 17.7 Å². The average molecular weight is 368 g/mol. The molecule has 1 aliphatic rings. The molecular formula is C21H37NO2S. The van der Waals surface area contributed by atoms with Crippen LogP contribution >= 0.6 is 11.8 Å². The molecule has 1 heterocycles. The number of amides is 1. The zero-order chi connectivity index (χ0) is 18.9. The van der Waals surface area contributed by atoms with Crippen LogP contribution in [0.3, 0.4) is 0 Å². The Morgan fingerprint density at radius 3 is 2.60 bits per heavy atom. The van der Waals surface area contributed by atoms with Crippen molar-refractivity contribution in [1.29, 1.82) is 0 Å². The maximum absolute atomic E-state index is 13.7. The monoisotopic (exact) mass is 367 g/mol. The number of hydrogen-bond acceptors (Lipinski definition) is 3. The quantitative estimate of drug-likeness (QED) is 0.347. The molecule has 1 fully saturated rings. The Morgan fingerprint density at radius 2 is 2.08 bits per heavy atom. The van der Waals surface area contributed by atoms with Gasteiger partial charge < -0.3 is 9.64 Å². The molecule has 0 aromatic carbocycles. The molecule has 25 heavy (non-hydrogen) atoms. The molecule has 0 bridgehead atoms. The van der Waals surface area contributed by atoms with Crippen molar-refractivity contribution in [3.63, 3.8) is 0 Å². The Balaban J connectivity index is 3.01. The van der Waals surface area contributed by atoms with Gasteiger partial charge in [0.15, 0.2) is 0 Å². The van der Waals surface area contributed by atoms with E-state index >= 15 is 0 Å². The summed E-state index contributed by atoms with van der Waals surface area (Å²) in [5, 5.41) is 0. The third-order valence-electron chi connectivity index (χ3n) is 5.27. The lowest BCUT2D eigenvalue weighted by Gasteiger charge is -2.39. The molecule has 0 radical (unpaired) electrons. The number of allylic oxidation sites excluding steroid dienone is 1. The molecule has 3 atom stereocenters. The van der Waals surface area contributed by atoms with Crippen LogP contribution in [0.1, 0.15) is 59.8 Å². The van der Waals surface area contributed by atoms with Crippen molar-refractivity contribution in [3.8, 4) is 0 Å². The number of thioether (sulfide) groups is 1. The van der Waals surface area contributed by atoms with E-state index in [9.17, 15) is 4.79 Å². The summed E-state index contributed by atoms with van der Waals surface area (Å²) in [5.74, 6) is 2.60. The van der Waals surface area contributed by atoms with E-state index in [1.54, 1.807) is 0 Å². The predicted molar refractivity (Wildman–Crippen MR) is 110 cm³/mol. The first-order valence-electron chi connectivity index (χ1n) is 9.71. The van der Waals surface area contributed by atoms with Gasteiger partial charge in [-0.3, -0.25) is 4.79 Å². The minimum atomic E-state index is -0.330. The fourth-order valence-corrected chi connectivity index (χ4v) is 4.45. The van der Waals surface area contributed by atoms with E-state index in [4.69, 9.17) is 4.74 Å². The highest BCUT2D eigenvalue weighted by Crippen LogP contribution is 2.39. The second kappa shape index (κ2) is 11.1. The van der Waals surface area contributed by atoms with E-state index in [1.807, 2.05) is 23.9 Å². The Hall–Kier alpha value is -0.740. The Morgan fingerprint density at radius 1 is 1.36 bits per heavy atom. The Kier molecular flexibility index (Phi) is 9.88. The van der Waals surface area contributed by atoms with E-state index in [1.165, 1.54) is 0 Å². The van der Waals surface area contributed by atoms with Gasteiger partial charge in [-0.2, -0.15) is 11.8 Å². The summed E-state index contributed by atoms with van der Waals surface area (Å²) in [7, 11) is 0. The highest BCUT2D eigenvalue weighted by atomic mass is 32.2. The van der Waals surface area contributed by atoms with Gasteiger partial charge in [-0.15, -0.1) is 13.2 Å². The summed E-state index contributed by atoms with van der Waals surface area (Å²) in [6, 6.07) is 0.175. The van der Waals surface area contributed by atoms with Gasteiger partial charge in [-0.25, -0.2) is 0 Å². The molecular weight excluding hydrogens is 330 g/mol. The summed E-state index contributed by atoms with van der Waals surface area (Å²) in [6.07, 6.45) is 8.14. The zero-order valence-electron chi connectivity index (χ0n) is 16.6. The lowest BCUT2D eigenvalue weighted by molar-refractivity contribution is -0.150. The first kappa shape index (κ1) is 22.3. The topological polar surface area (TPSA) is 29.5 Å². The van der Waals surface area contributed by atoms with Gasteiger partial charge in [0, 0.05) is 12.2 Å². The molecule has 4 heteroatoms. The molecule has 3 nitrogen and oxygen atoms in total. The highest BCUT2D eigenvalue weighted by Gasteiger charge is 2.46. The summed E-state index contributed by atoms with van der Waals surface area (Å²) in [6.45, 7) is 17.0. The lowest BCUT2D eigenvalue weighted by Crippen LogP contribution is -2.51. The van der Waals surface area contributed by atoms with Crippen molar-refractivity contribution in [2.75, 3.05) is 18.1 Å². The van der Waals surface area contributed by atoms with Gasteiger partial charge in [-0.1, -0.05) is 46.3 Å². The van der Waals surface area contributed by atoms with Crippen LogP contribution in [0.25, 0.3) is 0 Å². The lowest BCUT2D eigenvalue weighted by atomic mass is 9.76. The maximum Gasteiger partial charge on any atom is 0.231 e. The van der Waals surface area contributed by atoms with E-state index in [0.717, 1.165) is 43.6 Å². The van der Waals surface area contributed by atoms with Gasteiger partial charge in [-0.05, 0) is 30.9 Å². The molecule has 1 rings (SSSR count). The first-order valence-corrected chi connectivity index (χ1v) is 10.9. The summed E-state index contributed by atoms with van der Waals surface area (Å²) in [5.41, 5.74) is -0.330. The molecule has 0 N–H and O–H groups in total. The second-order valence-electron chi connectivity index (χ2n) is 7.34. The molecule has 0 saturated carbocycles. The summed E-state index contributed by atoms with van der Waals surface area (Å²) in [4.78, 5) is 15.8. The SMILES string of the molecule is C=CCSCC[C@H]1OC[C@H](C(C)C)N1C(=O)[C@](CC)(CC=C)CCC. The average Bonchev–Trinajstić information content (AvgIpc) is 3.01. The minimum absolute atomic E-state index is 0.0928. The maximum atomic E-state index is 13.7. The standard InChI is InChI=1S/C21H37NO2S/c1-7-12-21(10-4,13-8-2)20(23)22-18(17(5)6)16-24-19(22)11-15-25-14-9-3/h7,9,17-19H,1,3,8,10-16H2,2,4-6H3/t18-,19-,21-/m1/s1. The number of ether oxygens (including phenoxy) is 1. The van der Waals surface area contributed by atoms with Gasteiger partial charge in [0.25, 0.3) is 0 Å². The number of carbonyl (C=O) groups is 1. The largest absolute Gasteiger partial charge is 0.356 e. The molecule has 0 aliphatic carbocycles. The van der Waals surface area contributed by atoms with Crippen molar-refractivity contribution in [2.45, 2.75) is 72.1 Å². The smallest absolute Gasteiger partial charge is 0.231 e. The van der Waals surface area contributed by atoms with Crippen molar-refractivity contribution < 1.29 is 9.53 Å². The van der Waals surface area contributed by atoms with Crippen LogP contribution in [0.2, 0.25) is 0 Å². The molecule has 144 valence electrons. The van der Waals surface area contributed by atoms with E-state index in [2.05, 4.69) is 45.8 Å². The van der Waals surface area contributed by atoms with Crippen LogP contribution < -0.4 is 0 Å². The molecule has 1 saturated heterocycles. The van der Waals surface area contributed by atoms with Crippen LogP contribution in [0.15, 0.2) is 25.3 Å². The Labute approximate surface area is 159 Å². The molecule has 0 aromatic rings. The van der Waals surface area contributed by atoms with Crippen LogP contribution in [0, 0.1) is 11.3 Å². The summed E-state index contributed by atoms with van der Waals surface area (Å²) < 4.78 is 6.08. The molecule has 1 amide bonds.